The quantitative estimate of drug-likeness (QED) is 0.909. The Hall–Kier alpha value is -1.87. The third-order valence-electron chi connectivity index (χ3n) is 3.21. The molecule has 1 aromatic carbocycles. The molecule has 0 aliphatic carbocycles. The van der Waals surface area contributed by atoms with Gasteiger partial charge < -0.3 is 10.5 Å². The van der Waals surface area contributed by atoms with Gasteiger partial charge in [0.1, 0.15) is 5.75 Å². The van der Waals surface area contributed by atoms with Crippen molar-refractivity contribution >= 4 is 0 Å². The molecule has 1 aromatic heterocycles. The molecule has 0 saturated carbocycles. The molecule has 0 unspecified atom stereocenters. The molecular formula is C17H22N2O. The SMILES string of the molecule is C[C@@H](N)c1ccc(Oc2cccc(C(C)(C)C)c2)nc1. The zero-order valence-corrected chi connectivity index (χ0v) is 12.6. The van der Waals surface area contributed by atoms with Crippen molar-refractivity contribution in [1.82, 2.24) is 4.98 Å². The lowest BCUT2D eigenvalue weighted by atomic mass is 9.87. The Bertz CT molecular complexity index is 568. The average molecular weight is 270 g/mol. The Morgan fingerprint density at radius 3 is 2.45 bits per heavy atom. The molecule has 2 N–H and O–H groups in total. The van der Waals surface area contributed by atoms with Crippen LogP contribution >= 0.6 is 0 Å². The highest BCUT2D eigenvalue weighted by molar-refractivity contribution is 5.35. The smallest absolute Gasteiger partial charge is 0.219 e. The highest BCUT2D eigenvalue weighted by Crippen LogP contribution is 2.27. The fourth-order valence-electron chi connectivity index (χ4n) is 1.87. The van der Waals surface area contributed by atoms with Crippen LogP contribution in [0, 0.1) is 0 Å². The number of nitrogens with zero attached hydrogens (tertiary/aromatic N) is 1. The average Bonchev–Trinajstić information content (AvgIpc) is 2.38. The van der Waals surface area contributed by atoms with E-state index in [1.807, 2.05) is 31.2 Å². The summed E-state index contributed by atoms with van der Waals surface area (Å²) in [6.07, 6.45) is 1.76. The van der Waals surface area contributed by atoms with Gasteiger partial charge in [-0.3, -0.25) is 0 Å². The lowest BCUT2D eigenvalue weighted by molar-refractivity contribution is 0.459. The van der Waals surface area contributed by atoms with Crippen LogP contribution in [0.2, 0.25) is 0 Å². The molecule has 0 radical (unpaired) electrons. The Balaban J connectivity index is 2.18. The van der Waals surface area contributed by atoms with E-state index < -0.39 is 0 Å². The van der Waals surface area contributed by atoms with Gasteiger partial charge in [0.05, 0.1) is 0 Å². The van der Waals surface area contributed by atoms with Crippen molar-refractivity contribution in [3.05, 3.63) is 53.7 Å². The van der Waals surface area contributed by atoms with Crippen LogP contribution in [0.15, 0.2) is 42.6 Å². The summed E-state index contributed by atoms with van der Waals surface area (Å²) in [5, 5.41) is 0. The van der Waals surface area contributed by atoms with E-state index in [-0.39, 0.29) is 11.5 Å². The first kappa shape index (κ1) is 14.5. The summed E-state index contributed by atoms with van der Waals surface area (Å²) in [4.78, 5) is 4.28. The topological polar surface area (TPSA) is 48.1 Å². The van der Waals surface area contributed by atoms with E-state index in [4.69, 9.17) is 10.5 Å². The molecule has 106 valence electrons. The van der Waals surface area contributed by atoms with Crippen LogP contribution in [-0.2, 0) is 5.41 Å². The molecule has 0 aliphatic rings. The predicted octanol–water partition coefficient (Wildman–Crippen LogP) is 4.19. The maximum atomic E-state index is 5.80. The van der Waals surface area contributed by atoms with Crippen molar-refractivity contribution in [1.29, 1.82) is 0 Å². The van der Waals surface area contributed by atoms with Crippen molar-refractivity contribution in [2.24, 2.45) is 5.73 Å². The fraction of sp³-hybridized carbons (Fsp3) is 0.353. The summed E-state index contributed by atoms with van der Waals surface area (Å²) in [6, 6.07) is 11.9. The van der Waals surface area contributed by atoms with Gasteiger partial charge in [0.2, 0.25) is 5.88 Å². The number of rotatable bonds is 3. The van der Waals surface area contributed by atoms with Crippen LogP contribution in [-0.4, -0.2) is 4.98 Å². The van der Waals surface area contributed by atoms with Crippen molar-refractivity contribution in [3.63, 3.8) is 0 Å². The largest absolute Gasteiger partial charge is 0.439 e. The summed E-state index contributed by atoms with van der Waals surface area (Å²) < 4.78 is 5.80. The Morgan fingerprint density at radius 2 is 1.90 bits per heavy atom. The molecule has 2 aromatic rings. The van der Waals surface area contributed by atoms with Gasteiger partial charge in [0.15, 0.2) is 0 Å². The number of ether oxygens (including phenoxy) is 1. The van der Waals surface area contributed by atoms with Crippen LogP contribution in [0.3, 0.4) is 0 Å². The standard InChI is InChI=1S/C17H22N2O/c1-12(18)13-8-9-16(19-11-13)20-15-7-5-6-14(10-15)17(2,3)4/h5-12H,18H2,1-4H3/t12-/m1/s1. The first-order valence-corrected chi connectivity index (χ1v) is 6.86. The van der Waals surface area contributed by atoms with Crippen LogP contribution in [0.25, 0.3) is 0 Å². The van der Waals surface area contributed by atoms with E-state index in [2.05, 4.69) is 37.9 Å². The van der Waals surface area contributed by atoms with Crippen LogP contribution in [0.4, 0.5) is 0 Å². The van der Waals surface area contributed by atoms with E-state index in [1.54, 1.807) is 6.20 Å². The van der Waals surface area contributed by atoms with E-state index in [9.17, 15) is 0 Å². The zero-order valence-electron chi connectivity index (χ0n) is 12.6. The number of aromatic nitrogens is 1. The molecule has 0 fully saturated rings. The lowest BCUT2D eigenvalue weighted by Crippen LogP contribution is -2.10. The maximum absolute atomic E-state index is 5.80. The molecule has 0 amide bonds. The molecule has 1 atom stereocenters. The summed E-state index contributed by atoms with van der Waals surface area (Å²) in [5.41, 5.74) is 8.14. The molecule has 1 heterocycles. The summed E-state index contributed by atoms with van der Waals surface area (Å²) >= 11 is 0. The lowest BCUT2D eigenvalue weighted by Gasteiger charge is -2.19. The summed E-state index contributed by atoms with van der Waals surface area (Å²) in [5.74, 6) is 1.39. The van der Waals surface area contributed by atoms with Crippen LogP contribution in [0.1, 0.15) is 44.9 Å². The number of hydrogen-bond donors (Lipinski definition) is 1. The molecule has 0 saturated heterocycles. The Morgan fingerprint density at radius 1 is 1.15 bits per heavy atom. The van der Waals surface area contributed by atoms with Crippen molar-refractivity contribution in [2.75, 3.05) is 0 Å². The van der Waals surface area contributed by atoms with Crippen LogP contribution < -0.4 is 10.5 Å². The van der Waals surface area contributed by atoms with Gasteiger partial charge in [-0.25, -0.2) is 4.98 Å². The monoisotopic (exact) mass is 270 g/mol. The maximum Gasteiger partial charge on any atom is 0.219 e. The van der Waals surface area contributed by atoms with Crippen molar-refractivity contribution < 1.29 is 4.74 Å². The van der Waals surface area contributed by atoms with Gasteiger partial charge in [-0.1, -0.05) is 39.0 Å². The minimum atomic E-state index is -0.0132. The molecule has 0 spiro atoms. The van der Waals surface area contributed by atoms with Gasteiger partial charge in [-0.05, 0) is 35.6 Å². The minimum absolute atomic E-state index is 0.0132. The molecular weight excluding hydrogens is 248 g/mol. The third kappa shape index (κ3) is 3.58. The molecule has 2 rings (SSSR count). The highest BCUT2D eigenvalue weighted by atomic mass is 16.5. The first-order chi connectivity index (χ1) is 9.36. The zero-order chi connectivity index (χ0) is 14.8. The van der Waals surface area contributed by atoms with E-state index in [0.717, 1.165) is 11.3 Å². The second kappa shape index (κ2) is 5.63. The highest BCUT2D eigenvalue weighted by Gasteiger charge is 2.14. The van der Waals surface area contributed by atoms with Gasteiger partial charge >= 0.3 is 0 Å². The van der Waals surface area contributed by atoms with Gasteiger partial charge in [0, 0.05) is 18.3 Å². The van der Waals surface area contributed by atoms with Gasteiger partial charge in [0.25, 0.3) is 0 Å². The van der Waals surface area contributed by atoms with Crippen molar-refractivity contribution in [3.8, 4) is 11.6 Å². The van der Waals surface area contributed by atoms with E-state index in [0.29, 0.717) is 5.88 Å². The second-order valence-corrected chi connectivity index (χ2v) is 6.10. The second-order valence-electron chi connectivity index (χ2n) is 6.10. The summed E-state index contributed by atoms with van der Waals surface area (Å²) in [6.45, 7) is 8.48. The number of pyridine rings is 1. The summed E-state index contributed by atoms with van der Waals surface area (Å²) in [7, 11) is 0. The number of benzene rings is 1. The fourth-order valence-corrected chi connectivity index (χ4v) is 1.87. The van der Waals surface area contributed by atoms with E-state index in [1.165, 1.54) is 5.56 Å². The first-order valence-electron chi connectivity index (χ1n) is 6.86. The predicted molar refractivity (Wildman–Crippen MR) is 82.1 cm³/mol. The van der Waals surface area contributed by atoms with E-state index >= 15 is 0 Å². The molecule has 3 heteroatoms. The number of nitrogens with two attached hydrogens (primary N) is 1. The van der Waals surface area contributed by atoms with Gasteiger partial charge in [-0.15, -0.1) is 0 Å². The van der Waals surface area contributed by atoms with Crippen molar-refractivity contribution in [2.45, 2.75) is 39.2 Å². The molecule has 0 aliphatic heterocycles. The molecule has 0 bridgehead atoms. The molecule has 3 nitrogen and oxygen atoms in total. The minimum Gasteiger partial charge on any atom is -0.439 e. The molecule has 20 heavy (non-hydrogen) atoms. The number of hydrogen-bond acceptors (Lipinski definition) is 3. The Kier molecular flexibility index (Phi) is 4.09. The van der Waals surface area contributed by atoms with Gasteiger partial charge in [-0.2, -0.15) is 0 Å². The van der Waals surface area contributed by atoms with Crippen LogP contribution in [0.5, 0.6) is 11.6 Å². The third-order valence-corrected chi connectivity index (χ3v) is 3.21. The normalized spacial score (nSPS) is 13.1. The Labute approximate surface area is 120 Å².